The molecule has 9 aliphatic rings. The maximum absolute atomic E-state index is 2.69. The van der Waals surface area contributed by atoms with Crippen LogP contribution in [0.3, 0.4) is 0 Å². The van der Waals surface area contributed by atoms with Crippen LogP contribution in [0.2, 0.25) is 0 Å². The van der Waals surface area contributed by atoms with Gasteiger partial charge in [0.1, 0.15) is 0 Å². The highest BCUT2D eigenvalue weighted by molar-refractivity contribution is 5.99. The van der Waals surface area contributed by atoms with Crippen molar-refractivity contribution in [3.05, 3.63) is 334 Å². The van der Waals surface area contributed by atoms with Gasteiger partial charge < -0.3 is 19.6 Å². The lowest BCUT2D eigenvalue weighted by Crippen LogP contribution is -2.37. The number of anilines is 8. The van der Waals surface area contributed by atoms with E-state index in [9.17, 15) is 0 Å². The maximum Gasteiger partial charge on any atom is 0.0703 e. The normalized spacial score (nSPS) is 20.8. The van der Waals surface area contributed by atoms with Crippen LogP contribution in [0.1, 0.15) is 80.8 Å². The van der Waals surface area contributed by atoms with Gasteiger partial charge in [-0.15, -0.1) is 0 Å². The second-order valence-electron chi connectivity index (χ2n) is 24.8. The van der Waals surface area contributed by atoms with Crippen LogP contribution in [-0.2, 0) is 36.5 Å². The van der Waals surface area contributed by atoms with E-state index in [1.807, 2.05) is 0 Å². The zero-order valence-electron chi connectivity index (χ0n) is 47.0. The number of nitrogens with zero attached hydrogens (tertiary/aromatic N) is 4. The molecule has 9 aromatic carbocycles. The largest absolute Gasteiger partial charge is 0.331 e. The van der Waals surface area contributed by atoms with E-state index in [-0.39, 0.29) is 16.9 Å². The van der Waals surface area contributed by atoms with Gasteiger partial charge in [0.25, 0.3) is 0 Å². The van der Waals surface area contributed by atoms with Gasteiger partial charge in [0, 0.05) is 39.5 Å². The van der Waals surface area contributed by atoms with Gasteiger partial charge in [0.05, 0.1) is 45.9 Å². The van der Waals surface area contributed by atoms with E-state index in [1.54, 1.807) is 0 Å². The van der Waals surface area contributed by atoms with Crippen LogP contribution in [0.5, 0.6) is 0 Å². The molecule has 3 atom stereocenters. The van der Waals surface area contributed by atoms with Crippen molar-refractivity contribution in [3.63, 3.8) is 0 Å². The van der Waals surface area contributed by atoms with Gasteiger partial charge in [-0.25, -0.2) is 0 Å². The minimum Gasteiger partial charge on any atom is -0.331 e. The Labute approximate surface area is 493 Å². The zero-order valence-corrected chi connectivity index (χ0v) is 47.0. The predicted octanol–water partition coefficient (Wildman–Crippen LogP) is 19.2. The number of para-hydroxylation sites is 7. The molecule has 18 rings (SSSR count). The number of hydrogen-bond donors (Lipinski definition) is 0. The molecule has 0 saturated carbocycles. The molecular weight excluding hydrogens is 1020 g/mol. The van der Waals surface area contributed by atoms with Crippen molar-refractivity contribution in [1.29, 1.82) is 0 Å². The first kappa shape index (κ1) is 47.9. The average molecular weight is 1080 g/mol. The molecule has 0 saturated heterocycles. The summed E-state index contributed by atoms with van der Waals surface area (Å²) in [5, 5.41) is 0. The van der Waals surface area contributed by atoms with Crippen molar-refractivity contribution >= 4 is 57.7 Å². The Kier molecular flexibility index (Phi) is 10.5. The van der Waals surface area contributed by atoms with E-state index < -0.39 is 0 Å². The Morgan fingerprint density at radius 1 is 0.440 bits per heavy atom. The topological polar surface area (TPSA) is 13.0 Å². The average Bonchev–Trinajstić information content (AvgIpc) is 1.64. The zero-order chi connectivity index (χ0) is 55.1. The second-order valence-corrected chi connectivity index (χ2v) is 24.8. The standard InChI is InChI=1S/C80H62N4/c1-3-23-59(24-4-1)81-71-27-11-15-31-75(71)83(76-32-16-12-28-72(76)81)61-39-43-65-63-41-37-53(45-67(63)79(69(65)47-61)49-55-19-7-8-20-56(55)50-79)35-36-54-38-42-64-66-44-40-62(48-70(66)80(68(64)46-54)51-57-21-9-10-22-58(57)52-80)84-77-33-17-13-29-73(77)82(60-25-5-2-6-26-60)74-30-14-18-34-78(74)84/h1-17,19-23,25-33,35-48,59,66,70H,18,24,34,49-52H2/b36-35+. The molecule has 0 bridgehead atoms. The first-order valence-corrected chi connectivity index (χ1v) is 30.5. The lowest BCUT2D eigenvalue weighted by atomic mass is 9.69. The Balaban J connectivity index is 0.708. The summed E-state index contributed by atoms with van der Waals surface area (Å²) in [5.41, 5.74) is 30.5. The number of hydrogen-bond acceptors (Lipinski definition) is 4. The van der Waals surface area contributed by atoms with Gasteiger partial charge in [-0.1, -0.05) is 200 Å². The highest BCUT2D eigenvalue weighted by Crippen LogP contribution is 2.62. The van der Waals surface area contributed by atoms with Crippen LogP contribution in [0, 0.1) is 5.92 Å². The molecule has 2 heterocycles. The van der Waals surface area contributed by atoms with Gasteiger partial charge in [0.2, 0.25) is 0 Å². The highest BCUT2D eigenvalue weighted by atomic mass is 15.3. The fourth-order valence-electron chi connectivity index (χ4n) is 16.9. The van der Waals surface area contributed by atoms with Crippen LogP contribution < -0.4 is 19.6 Å². The molecule has 4 nitrogen and oxygen atoms in total. The molecule has 0 amide bonds. The molecule has 9 aromatic rings. The van der Waals surface area contributed by atoms with Gasteiger partial charge in [-0.05, 0) is 190 Å². The molecule has 3 unspecified atom stereocenters. The molecule has 402 valence electrons. The second kappa shape index (κ2) is 18.4. The fraction of sp³-hybridized carbons (Fsp3) is 0.150. The van der Waals surface area contributed by atoms with Crippen LogP contribution in [0.25, 0.3) is 23.3 Å². The van der Waals surface area contributed by atoms with E-state index in [0.717, 1.165) is 44.9 Å². The number of benzene rings is 9. The maximum atomic E-state index is 2.69. The molecule has 0 radical (unpaired) electrons. The fourth-order valence-corrected chi connectivity index (χ4v) is 16.9. The molecule has 7 aliphatic carbocycles. The quantitative estimate of drug-likeness (QED) is 0.154. The summed E-state index contributed by atoms with van der Waals surface area (Å²) in [6, 6.07) is 78.8. The third-order valence-corrected chi connectivity index (χ3v) is 20.5. The molecule has 2 spiro atoms. The lowest BCUT2D eigenvalue weighted by Gasteiger charge is -2.44. The minimum atomic E-state index is -0.189. The summed E-state index contributed by atoms with van der Waals surface area (Å²) < 4.78 is 0. The molecule has 0 fully saturated rings. The summed E-state index contributed by atoms with van der Waals surface area (Å²) in [7, 11) is 0. The Hall–Kier alpha value is -9.64. The first-order chi connectivity index (χ1) is 41.6. The third-order valence-electron chi connectivity index (χ3n) is 20.5. The predicted molar refractivity (Wildman–Crippen MR) is 347 cm³/mol. The van der Waals surface area contributed by atoms with Crippen molar-refractivity contribution in [2.75, 3.05) is 19.6 Å². The Morgan fingerprint density at radius 3 is 1.68 bits per heavy atom. The van der Waals surface area contributed by atoms with E-state index in [4.69, 9.17) is 0 Å². The smallest absolute Gasteiger partial charge is 0.0703 e. The molecule has 4 heteroatoms. The third kappa shape index (κ3) is 7.00. The summed E-state index contributed by atoms with van der Waals surface area (Å²) in [6.07, 6.45) is 33.3. The first-order valence-electron chi connectivity index (χ1n) is 30.5. The molecule has 0 N–H and O–H groups in total. The van der Waals surface area contributed by atoms with Crippen LogP contribution >= 0.6 is 0 Å². The van der Waals surface area contributed by atoms with Crippen LogP contribution in [0.15, 0.2) is 278 Å². The minimum absolute atomic E-state index is 0.0667. The monoisotopic (exact) mass is 1080 g/mol. The van der Waals surface area contributed by atoms with Crippen LogP contribution in [-0.4, -0.2) is 6.04 Å². The molecular formula is C80H62N4. The molecule has 84 heavy (non-hydrogen) atoms. The molecule has 0 aromatic heterocycles. The Morgan fingerprint density at radius 2 is 1.01 bits per heavy atom. The summed E-state index contributed by atoms with van der Waals surface area (Å²) in [5.74, 6) is 0.603. The van der Waals surface area contributed by atoms with E-state index >= 15 is 0 Å². The van der Waals surface area contributed by atoms with Crippen molar-refractivity contribution in [2.24, 2.45) is 5.92 Å². The van der Waals surface area contributed by atoms with Crippen molar-refractivity contribution in [3.8, 4) is 11.1 Å². The lowest BCUT2D eigenvalue weighted by molar-refractivity contribution is 0.342. The van der Waals surface area contributed by atoms with Crippen molar-refractivity contribution in [1.82, 2.24) is 0 Å². The van der Waals surface area contributed by atoms with Gasteiger partial charge in [-0.3, -0.25) is 0 Å². The van der Waals surface area contributed by atoms with E-state index in [0.29, 0.717) is 11.8 Å². The number of allylic oxidation sites excluding steroid dienone is 8. The summed E-state index contributed by atoms with van der Waals surface area (Å²) in [4.78, 5) is 10.2. The van der Waals surface area contributed by atoms with Crippen molar-refractivity contribution < 1.29 is 0 Å². The van der Waals surface area contributed by atoms with Crippen molar-refractivity contribution in [2.45, 2.75) is 67.7 Å². The SMILES string of the molecule is C1=CCC(N2c3ccccc3N(c3ccc4c(c3)C3(Cc5ccccc5C3)c3cc(/C=C/c5ccc6c(c5)C5(Cc7ccccc7C5)C5C=C(N7C8=C(C=CCC8)N(c8ccccc8)c8ccccc87)C=CC65)ccc3-4)c3ccccc32)C=C1. The number of rotatable bonds is 6. The van der Waals surface area contributed by atoms with E-state index in [1.165, 1.54) is 129 Å². The highest BCUT2D eigenvalue weighted by Gasteiger charge is 2.54. The van der Waals surface area contributed by atoms with Gasteiger partial charge in [-0.2, -0.15) is 0 Å². The summed E-state index contributed by atoms with van der Waals surface area (Å²) in [6.45, 7) is 0. The summed E-state index contributed by atoms with van der Waals surface area (Å²) >= 11 is 0. The van der Waals surface area contributed by atoms with Crippen LogP contribution in [0.4, 0.5) is 45.5 Å². The molecule has 2 aliphatic heterocycles. The van der Waals surface area contributed by atoms with E-state index in [2.05, 4.69) is 293 Å². The Bertz CT molecular complexity index is 4390. The van der Waals surface area contributed by atoms with Gasteiger partial charge >= 0.3 is 0 Å². The number of fused-ring (bicyclic) bond motifs is 15. The van der Waals surface area contributed by atoms with Gasteiger partial charge in [0.15, 0.2) is 0 Å².